The zero-order valence-electron chi connectivity index (χ0n) is 18.1. The van der Waals surface area contributed by atoms with E-state index < -0.39 is 17.8 Å². The van der Waals surface area contributed by atoms with Crippen LogP contribution < -0.4 is 10.1 Å². The van der Waals surface area contributed by atoms with E-state index in [0.717, 1.165) is 11.1 Å². The van der Waals surface area contributed by atoms with Crippen molar-refractivity contribution >= 4 is 23.5 Å². The van der Waals surface area contributed by atoms with Crippen LogP contribution in [-0.4, -0.2) is 38.7 Å². The highest BCUT2D eigenvalue weighted by Gasteiger charge is 2.21. The van der Waals surface area contributed by atoms with Gasteiger partial charge < -0.3 is 19.5 Å². The molecule has 0 aliphatic rings. The molecular weight excluding hydrogens is 386 g/mol. The number of methoxy groups -OCH3 is 2. The zero-order valence-corrected chi connectivity index (χ0v) is 18.1. The molecule has 0 unspecified atom stereocenters. The Morgan fingerprint density at radius 2 is 1.60 bits per heavy atom. The molecule has 0 aliphatic carbocycles. The Kier molecular flexibility index (Phi) is 7.21. The van der Waals surface area contributed by atoms with Gasteiger partial charge in [0.2, 0.25) is 0 Å². The summed E-state index contributed by atoms with van der Waals surface area (Å²) in [4.78, 5) is 36.4. The number of benzene rings is 2. The molecule has 0 bridgehead atoms. The minimum absolute atomic E-state index is 0.115. The van der Waals surface area contributed by atoms with Crippen LogP contribution in [0.2, 0.25) is 0 Å². The molecule has 0 saturated carbocycles. The molecule has 0 saturated heterocycles. The first-order valence-electron chi connectivity index (χ1n) is 9.41. The molecule has 160 valence electrons. The number of anilines is 1. The number of ether oxygens (including phenoxy) is 3. The van der Waals surface area contributed by atoms with Crippen molar-refractivity contribution in [1.82, 2.24) is 0 Å². The monoisotopic (exact) mass is 413 g/mol. The van der Waals surface area contributed by atoms with E-state index in [1.807, 2.05) is 25.1 Å². The highest BCUT2D eigenvalue weighted by atomic mass is 16.5. The van der Waals surface area contributed by atoms with E-state index in [1.54, 1.807) is 0 Å². The average Bonchev–Trinajstić information content (AvgIpc) is 2.70. The lowest BCUT2D eigenvalue weighted by Crippen LogP contribution is -2.23. The van der Waals surface area contributed by atoms with Crippen molar-refractivity contribution in [2.75, 3.05) is 26.1 Å². The second-order valence-electron chi connectivity index (χ2n) is 7.83. The van der Waals surface area contributed by atoms with Gasteiger partial charge in [0.15, 0.2) is 6.61 Å². The van der Waals surface area contributed by atoms with Crippen molar-refractivity contribution < 1.29 is 28.6 Å². The second kappa shape index (κ2) is 9.43. The van der Waals surface area contributed by atoms with Gasteiger partial charge in [-0.1, -0.05) is 32.9 Å². The van der Waals surface area contributed by atoms with Crippen molar-refractivity contribution in [3.63, 3.8) is 0 Å². The standard InChI is InChI=1S/C23H27NO6/c1-14-7-10-17(23(2,3)4)19(11-14)30-13-20(25)24-18-12-15(21(26)28-5)8-9-16(18)22(27)29-6/h7-12H,13H2,1-6H3,(H,24,25). The van der Waals surface area contributed by atoms with Crippen molar-refractivity contribution in [1.29, 1.82) is 0 Å². The normalized spacial score (nSPS) is 10.9. The molecule has 1 N–H and O–H groups in total. The molecule has 0 heterocycles. The summed E-state index contributed by atoms with van der Waals surface area (Å²) in [5, 5.41) is 2.62. The number of rotatable bonds is 6. The highest BCUT2D eigenvalue weighted by molar-refractivity contribution is 6.03. The molecule has 2 aromatic carbocycles. The number of carbonyl (C=O) groups is 3. The van der Waals surface area contributed by atoms with Gasteiger partial charge in [0.1, 0.15) is 5.75 Å². The molecule has 0 spiro atoms. The van der Waals surface area contributed by atoms with Crippen LogP contribution in [0, 0.1) is 6.92 Å². The minimum atomic E-state index is -0.642. The maximum absolute atomic E-state index is 12.5. The molecule has 2 rings (SSSR count). The van der Waals surface area contributed by atoms with Crippen LogP contribution in [0.4, 0.5) is 5.69 Å². The fourth-order valence-electron chi connectivity index (χ4n) is 2.88. The number of hydrogen-bond donors (Lipinski definition) is 1. The van der Waals surface area contributed by atoms with E-state index in [2.05, 4.69) is 26.1 Å². The van der Waals surface area contributed by atoms with E-state index in [4.69, 9.17) is 14.2 Å². The second-order valence-corrected chi connectivity index (χ2v) is 7.83. The summed E-state index contributed by atoms with van der Waals surface area (Å²) in [5.74, 6) is -1.10. The van der Waals surface area contributed by atoms with Gasteiger partial charge in [0.05, 0.1) is 31.0 Å². The lowest BCUT2D eigenvalue weighted by molar-refractivity contribution is -0.118. The molecule has 0 aromatic heterocycles. The van der Waals surface area contributed by atoms with Gasteiger partial charge in [-0.05, 0) is 47.7 Å². The van der Waals surface area contributed by atoms with Gasteiger partial charge >= 0.3 is 11.9 Å². The Hall–Kier alpha value is -3.35. The van der Waals surface area contributed by atoms with Crippen LogP contribution in [0.15, 0.2) is 36.4 Å². The molecule has 0 atom stereocenters. The van der Waals surface area contributed by atoms with Crippen molar-refractivity contribution in [2.24, 2.45) is 0 Å². The molecular formula is C23H27NO6. The van der Waals surface area contributed by atoms with Crippen molar-refractivity contribution in [3.8, 4) is 5.75 Å². The Morgan fingerprint density at radius 3 is 2.20 bits per heavy atom. The van der Waals surface area contributed by atoms with Gasteiger partial charge in [-0.3, -0.25) is 4.79 Å². The van der Waals surface area contributed by atoms with Gasteiger partial charge in [-0.15, -0.1) is 0 Å². The van der Waals surface area contributed by atoms with Crippen molar-refractivity contribution in [2.45, 2.75) is 33.1 Å². The number of aryl methyl sites for hydroxylation is 1. The van der Waals surface area contributed by atoms with Gasteiger partial charge in [-0.25, -0.2) is 9.59 Å². The number of nitrogens with one attached hydrogen (secondary N) is 1. The van der Waals surface area contributed by atoms with Crippen LogP contribution in [0.3, 0.4) is 0 Å². The number of carbonyl (C=O) groups excluding carboxylic acids is 3. The van der Waals surface area contributed by atoms with Gasteiger partial charge in [-0.2, -0.15) is 0 Å². The topological polar surface area (TPSA) is 90.9 Å². The third-order valence-electron chi connectivity index (χ3n) is 4.42. The Bertz CT molecular complexity index is 959. The third-order valence-corrected chi connectivity index (χ3v) is 4.42. The zero-order chi connectivity index (χ0) is 22.5. The largest absolute Gasteiger partial charge is 0.483 e. The molecule has 0 aliphatic heterocycles. The maximum atomic E-state index is 12.5. The predicted octanol–water partition coefficient (Wildman–Crippen LogP) is 3.88. The van der Waals surface area contributed by atoms with E-state index in [9.17, 15) is 14.4 Å². The summed E-state index contributed by atoms with van der Waals surface area (Å²) in [6.45, 7) is 7.86. The Labute approximate surface area is 176 Å². The molecule has 30 heavy (non-hydrogen) atoms. The lowest BCUT2D eigenvalue weighted by Gasteiger charge is -2.23. The third kappa shape index (κ3) is 5.59. The first-order chi connectivity index (χ1) is 14.1. The van der Waals surface area contributed by atoms with Crippen LogP contribution >= 0.6 is 0 Å². The predicted molar refractivity (Wildman–Crippen MR) is 113 cm³/mol. The lowest BCUT2D eigenvalue weighted by atomic mass is 9.86. The molecule has 2 aromatic rings. The van der Waals surface area contributed by atoms with E-state index >= 15 is 0 Å². The maximum Gasteiger partial charge on any atom is 0.339 e. The summed E-state index contributed by atoms with van der Waals surface area (Å²) >= 11 is 0. The smallest absolute Gasteiger partial charge is 0.339 e. The highest BCUT2D eigenvalue weighted by Crippen LogP contribution is 2.32. The summed E-state index contributed by atoms with van der Waals surface area (Å²) in [6.07, 6.45) is 0. The molecule has 7 heteroatoms. The Morgan fingerprint density at radius 1 is 0.933 bits per heavy atom. The molecule has 0 fully saturated rings. The first kappa shape index (κ1) is 22.9. The van der Waals surface area contributed by atoms with Gasteiger partial charge in [0.25, 0.3) is 5.91 Å². The van der Waals surface area contributed by atoms with Crippen LogP contribution in [0.5, 0.6) is 5.75 Å². The molecule has 1 amide bonds. The first-order valence-corrected chi connectivity index (χ1v) is 9.41. The number of hydrogen-bond acceptors (Lipinski definition) is 6. The Balaban J connectivity index is 2.23. The van der Waals surface area contributed by atoms with E-state index in [1.165, 1.54) is 32.4 Å². The van der Waals surface area contributed by atoms with Crippen molar-refractivity contribution in [3.05, 3.63) is 58.7 Å². The van der Waals surface area contributed by atoms with Crippen LogP contribution in [0.25, 0.3) is 0 Å². The van der Waals surface area contributed by atoms with Crippen LogP contribution in [0.1, 0.15) is 52.6 Å². The molecule has 0 radical (unpaired) electrons. The van der Waals surface area contributed by atoms with Crippen LogP contribution in [-0.2, 0) is 19.7 Å². The van der Waals surface area contributed by atoms with E-state index in [0.29, 0.717) is 5.75 Å². The number of esters is 2. The molecule has 7 nitrogen and oxygen atoms in total. The summed E-state index contributed by atoms with van der Waals surface area (Å²) in [5.41, 5.74) is 2.27. The number of amides is 1. The fourth-order valence-corrected chi connectivity index (χ4v) is 2.88. The SMILES string of the molecule is COC(=O)c1ccc(C(=O)OC)c(NC(=O)COc2cc(C)ccc2C(C)(C)C)c1. The average molecular weight is 413 g/mol. The van der Waals surface area contributed by atoms with E-state index in [-0.39, 0.29) is 28.8 Å². The summed E-state index contributed by atoms with van der Waals surface area (Å²) < 4.78 is 15.2. The summed E-state index contributed by atoms with van der Waals surface area (Å²) in [6, 6.07) is 10.0. The fraction of sp³-hybridized carbons (Fsp3) is 0.348. The van der Waals surface area contributed by atoms with Gasteiger partial charge in [0, 0.05) is 0 Å². The summed E-state index contributed by atoms with van der Waals surface area (Å²) in [7, 11) is 2.48. The minimum Gasteiger partial charge on any atom is -0.483 e. The quantitative estimate of drug-likeness (QED) is 0.723.